The molecule has 2 aromatic rings. The lowest BCUT2D eigenvalue weighted by Gasteiger charge is -2.26. The van der Waals surface area contributed by atoms with E-state index in [1.807, 2.05) is 0 Å². The summed E-state index contributed by atoms with van der Waals surface area (Å²) in [7, 11) is 0.728. The number of nitrogens with zero attached hydrogens (tertiary/aromatic N) is 2. The first kappa shape index (κ1) is 24.7. The zero-order valence-corrected chi connectivity index (χ0v) is 19.9. The molecule has 0 atom stereocenters. The first-order valence-electron chi connectivity index (χ1n) is 10.7. The number of hydrogen-bond acceptors (Lipinski definition) is 5. The van der Waals surface area contributed by atoms with Crippen LogP contribution in [0.15, 0.2) is 47.4 Å². The van der Waals surface area contributed by atoms with Crippen molar-refractivity contribution in [2.45, 2.75) is 30.7 Å². The van der Waals surface area contributed by atoms with Gasteiger partial charge in [-0.15, -0.1) is 0 Å². The number of benzene rings is 2. The van der Waals surface area contributed by atoms with Crippen molar-refractivity contribution in [3.05, 3.63) is 59.4 Å². The Balaban J connectivity index is 1.75. The molecular weight excluding hydrogens is 447 g/mol. The lowest BCUT2D eigenvalue weighted by atomic mass is 10.2. The Hall–Kier alpha value is -2.91. The number of carbonyl (C=O) groups excluding carboxylic acids is 1. The second kappa shape index (κ2) is 10.8. The molecule has 1 aliphatic heterocycles. The number of piperidine rings is 1. The SMILES string of the molecule is COc1ccc(CN(C)C(=O)/C=C/c2ccc(OC)c(S(=O)(=O)N3CCCCC3)c2)cc1F. The molecule has 1 heterocycles. The molecule has 178 valence electrons. The van der Waals surface area contributed by atoms with Crippen LogP contribution in [-0.2, 0) is 21.4 Å². The van der Waals surface area contributed by atoms with Crippen molar-refractivity contribution in [1.82, 2.24) is 9.21 Å². The minimum absolute atomic E-state index is 0.0866. The highest BCUT2D eigenvalue weighted by molar-refractivity contribution is 7.89. The number of amides is 1. The van der Waals surface area contributed by atoms with Crippen LogP contribution < -0.4 is 9.47 Å². The fraction of sp³-hybridized carbons (Fsp3) is 0.375. The highest BCUT2D eigenvalue weighted by atomic mass is 32.2. The van der Waals surface area contributed by atoms with Crippen molar-refractivity contribution in [2.75, 3.05) is 34.4 Å². The molecule has 1 saturated heterocycles. The van der Waals surface area contributed by atoms with E-state index in [2.05, 4.69) is 0 Å². The first-order valence-corrected chi connectivity index (χ1v) is 12.1. The normalized spacial score (nSPS) is 14.9. The Morgan fingerprint density at radius 3 is 2.36 bits per heavy atom. The standard InChI is InChI=1S/C24H29FN2O5S/c1-26(17-19-8-10-21(31-2)20(25)15-19)24(28)12-9-18-7-11-22(32-3)23(16-18)33(29,30)27-13-5-4-6-14-27/h7-12,15-16H,4-6,13-14,17H2,1-3H3/b12-9+. The third-order valence-corrected chi connectivity index (χ3v) is 7.47. The predicted molar refractivity (Wildman–Crippen MR) is 124 cm³/mol. The molecule has 0 saturated carbocycles. The van der Waals surface area contributed by atoms with Crippen molar-refractivity contribution in [3.63, 3.8) is 0 Å². The van der Waals surface area contributed by atoms with Crippen molar-refractivity contribution in [2.24, 2.45) is 0 Å². The van der Waals surface area contributed by atoms with Gasteiger partial charge in [0.1, 0.15) is 10.6 Å². The van der Waals surface area contributed by atoms with Crippen LogP contribution in [0.3, 0.4) is 0 Å². The van der Waals surface area contributed by atoms with Crippen molar-refractivity contribution in [3.8, 4) is 11.5 Å². The molecule has 3 rings (SSSR count). The van der Waals surface area contributed by atoms with Gasteiger partial charge in [0.25, 0.3) is 0 Å². The highest BCUT2D eigenvalue weighted by Crippen LogP contribution is 2.30. The van der Waals surface area contributed by atoms with E-state index in [1.54, 1.807) is 31.3 Å². The van der Waals surface area contributed by atoms with Crippen molar-refractivity contribution >= 4 is 22.0 Å². The molecule has 7 nitrogen and oxygen atoms in total. The quantitative estimate of drug-likeness (QED) is 0.543. The van der Waals surface area contributed by atoms with Gasteiger partial charge in [0.2, 0.25) is 15.9 Å². The summed E-state index contributed by atoms with van der Waals surface area (Å²) in [6, 6.07) is 9.33. The Morgan fingerprint density at radius 1 is 1.06 bits per heavy atom. The second-order valence-corrected chi connectivity index (χ2v) is 9.78. The number of rotatable bonds is 8. The zero-order valence-electron chi connectivity index (χ0n) is 19.1. The Kier molecular flexibility index (Phi) is 8.10. The fourth-order valence-corrected chi connectivity index (χ4v) is 5.41. The van der Waals surface area contributed by atoms with Crippen LogP contribution in [0.5, 0.6) is 11.5 Å². The van der Waals surface area contributed by atoms with E-state index in [1.165, 1.54) is 47.7 Å². The molecule has 2 aromatic carbocycles. The summed E-state index contributed by atoms with van der Waals surface area (Å²) in [4.78, 5) is 14.1. The molecule has 9 heteroatoms. The molecule has 0 unspecified atom stereocenters. The summed E-state index contributed by atoms with van der Waals surface area (Å²) in [5.74, 6) is -0.389. The Labute approximate surface area is 194 Å². The highest BCUT2D eigenvalue weighted by Gasteiger charge is 2.29. The first-order chi connectivity index (χ1) is 15.8. The molecule has 0 bridgehead atoms. The van der Waals surface area contributed by atoms with Gasteiger partial charge in [-0.05, 0) is 54.3 Å². The van der Waals surface area contributed by atoms with Gasteiger partial charge in [0, 0.05) is 32.8 Å². The summed E-state index contributed by atoms with van der Waals surface area (Å²) in [5, 5.41) is 0. The minimum atomic E-state index is -3.70. The van der Waals surface area contributed by atoms with Gasteiger partial charge in [-0.2, -0.15) is 4.31 Å². The fourth-order valence-electron chi connectivity index (χ4n) is 3.70. The van der Waals surface area contributed by atoms with Gasteiger partial charge in [0.15, 0.2) is 11.6 Å². The molecule has 1 amide bonds. The van der Waals surface area contributed by atoms with E-state index in [0.717, 1.165) is 19.3 Å². The lowest BCUT2D eigenvalue weighted by molar-refractivity contribution is -0.125. The predicted octanol–water partition coefficient (Wildman–Crippen LogP) is 3.69. The van der Waals surface area contributed by atoms with Gasteiger partial charge >= 0.3 is 0 Å². The molecule has 33 heavy (non-hydrogen) atoms. The molecule has 1 fully saturated rings. The van der Waals surface area contributed by atoms with Gasteiger partial charge in [-0.1, -0.05) is 18.6 Å². The summed E-state index contributed by atoms with van der Waals surface area (Å²) in [6.07, 6.45) is 5.60. The molecule has 1 aliphatic rings. The largest absolute Gasteiger partial charge is 0.495 e. The van der Waals surface area contributed by atoms with Crippen LogP contribution in [0.2, 0.25) is 0 Å². The van der Waals surface area contributed by atoms with Gasteiger partial charge < -0.3 is 14.4 Å². The number of methoxy groups -OCH3 is 2. The number of sulfonamides is 1. The van der Waals surface area contributed by atoms with Gasteiger partial charge in [-0.3, -0.25) is 4.79 Å². The maximum Gasteiger partial charge on any atom is 0.246 e. The third kappa shape index (κ3) is 5.91. The van der Waals surface area contributed by atoms with Crippen molar-refractivity contribution < 1.29 is 27.1 Å². The number of hydrogen-bond donors (Lipinski definition) is 0. The average Bonchev–Trinajstić information content (AvgIpc) is 2.83. The number of ether oxygens (including phenoxy) is 2. The van der Waals surface area contributed by atoms with E-state index < -0.39 is 15.8 Å². The third-order valence-electron chi connectivity index (χ3n) is 5.55. The summed E-state index contributed by atoms with van der Waals surface area (Å²) < 4.78 is 51.9. The summed E-state index contributed by atoms with van der Waals surface area (Å²) in [6.45, 7) is 1.18. The van der Waals surface area contributed by atoms with E-state index in [-0.39, 0.29) is 28.8 Å². The molecule has 0 spiro atoms. The lowest BCUT2D eigenvalue weighted by Crippen LogP contribution is -2.35. The van der Waals surface area contributed by atoms with E-state index in [4.69, 9.17) is 9.47 Å². The van der Waals surface area contributed by atoms with E-state index >= 15 is 0 Å². The molecular formula is C24H29FN2O5S. The Bertz CT molecular complexity index is 1130. The van der Waals surface area contributed by atoms with E-state index in [0.29, 0.717) is 24.2 Å². The Morgan fingerprint density at radius 2 is 1.73 bits per heavy atom. The summed E-state index contributed by atoms with van der Waals surface area (Å²) >= 11 is 0. The smallest absolute Gasteiger partial charge is 0.246 e. The van der Waals surface area contributed by atoms with Crippen LogP contribution >= 0.6 is 0 Å². The number of likely N-dealkylation sites (N-methyl/N-ethyl adjacent to an activating group) is 1. The van der Waals surface area contributed by atoms with Crippen LogP contribution in [0.25, 0.3) is 6.08 Å². The van der Waals surface area contributed by atoms with Crippen LogP contribution in [0.1, 0.15) is 30.4 Å². The van der Waals surface area contributed by atoms with Gasteiger partial charge in [0.05, 0.1) is 14.2 Å². The number of halogens is 1. The molecule has 0 radical (unpaired) electrons. The average molecular weight is 477 g/mol. The zero-order chi connectivity index (χ0) is 24.0. The van der Waals surface area contributed by atoms with Crippen LogP contribution in [-0.4, -0.2) is 57.9 Å². The number of carbonyl (C=O) groups is 1. The second-order valence-electron chi connectivity index (χ2n) is 7.87. The van der Waals surface area contributed by atoms with Crippen LogP contribution in [0, 0.1) is 5.82 Å². The van der Waals surface area contributed by atoms with E-state index in [9.17, 15) is 17.6 Å². The van der Waals surface area contributed by atoms with Crippen LogP contribution in [0.4, 0.5) is 4.39 Å². The minimum Gasteiger partial charge on any atom is -0.495 e. The maximum atomic E-state index is 13.9. The maximum absolute atomic E-state index is 13.9. The molecule has 0 N–H and O–H groups in total. The summed E-state index contributed by atoms with van der Waals surface area (Å²) in [5.41, 5.74) is 1.18. The van der Waals surface area contributed by atoms with Gasteiger partial charge in [-0.25, -0.2) is 12.8 Å². The monoisotopic (exact) mass is 476 g/mol. The van der Waals surface area contributed by atoms with Crippen molar-refractivity contribution in [1.29, 1.82) is 0 Å². The topological polar surface area (TPSA) is 76.1 Å². The molecule has 0 aromatic heterocycles. The molecule has 0 aliphatic carbocycles.